The topological polar surface area (TPSA) is 61.9 Å². The smallest absolute Gasteiger partial charge is 0.191 e. The summed E-state index contributed by atoms with van der Waals surface area (Å²) in [5, 5.41) is 8.60. The second-order valence-electron chi connectivity index (χ2n) is 4.02. The molecule has 0 aliphatic heterocycles. The Morgan fingerprint density at radius 2 is 2.37 bits per heavy atom. The number of thioether (sulfide) groups is 1. The second-order valence-corrected chi connectivity index (χ2v) is 4.96. The summed E-state index contributed by atoms with van der Waals surface area (Å²) in [6.45, 7) is 1.28. The lowest BCUT2D eigenvalue weighted by Crippen LogP contribution is -2.09. The van der Waals surface area contributed by atoms with E-state index >= 15 is 0 Å². The van der Waals surface area contributed by atoms with Crippen LogP contribution in [-0.4, -0.2) is 44.6 Å². The Morgan fingerprint density at radius 3 is 3.05 bits per heavy atom. The summed E-state index contributed by atoms with van der Waals surface area (Å²) in [4.78, 5) is 12.0. The molecule has 19 heavy (non-hydrogen) atoms. The summed E-state index contributed by atoms with van der Waals surface area (Å²) in [6, 6.07) is 3.68. The quantitative estimate of drug-likeness (QED) is 0.564. The first-order valence-electron chi connectivity index (χ1n) is 5.86. The van der Waals surface area contributed by atoms with Crippen molar-refractivity contribution in [1.82, 2.24) is 19.3 Å². The summed E-state index contributed by atoms with van der Waals surface area (Å²) in [5.74, 6) is 0.433. The van der Waals surface area contributed by atoms with Crippen LogP contribution in [0.1, 0.15) is 10.5 Å². The molecule has 102 valence electrons. The highest BCUT2D eigenvalue weighted by atomic mass is 32.2. The normalized spacial score (nSPS) is 10.8. The lowest BCUT2D eigenvalue weighted by atomic mass is 10.3. The van der Waals surface area contributed by atoms with E-state index < -0.39 is 0 Å². The van der Waals surface area contributed by atoms with Gasteiger partial charge in [-0.15, -0.1) is 10.2 Å². The van der Waals surface area contributed by atoms with Crippen LogP contribution in [0.25, 0.3) is 0 Å². The van der Waals surface area contributed by atoms with Crippen molar-refractivity contribution in [1.29, 1.82) is 0 Å². The number of methoxy groups -OCH3 is 1. The molecule has 0 aliphatic carbocycles. The van der Waals surface area contributed by atoms with E-state index in [9.17, 15) is 4.79 Å². The second kappa shape index (κ2) is 6.53. The molecule has 0 N–H and O–H groups in total. The number of ether oxygens (including phenoxy) is 1. The number of hydrogen-bond donors (Lipinski definition) is 0. The van der Waals surface area contributed by atoms with Crippen LogP contribution in [0, 0.1) is 0 Å². The molecule has 0 radical (unpaired) electrons. The maximum Gasteiger partial charge on any atom is 0.191 e. The van der Waals surface area contributed by atoms with E-state index in [-0.39, 0.29) is 5.78 Å². The Morgan fingerprint density at radius 1 is 1.53 bits per heavy atom. The zero-order valence-electron chi connectivity index (χ0n) is 10.9. The number of nitrogens with zero attached hydrogens (tertiary/aromatic N) is 4. The van der Waals surface area contributed by atoms with Gasteiger partial charge >= 0.3 is 0 Å². The third-order valence-electron chi connectivity index (χ3n) is 2.68. The number of Topliss-reactive ketones (excluding diaryl/α,β-unsaturated/α-hetero) is 1. The molecule has 0 aromatic carbocycles. The van der Waals surface area contributed by atoms with E-state index in [1.165, 1.54) is 11.8 Å². The lowest BCUT2D eigenvalue weighted by Gasteiger charge is -2.05. The average Bonchev–Trinajstić information content (AvgIpc) is 3.02. The Labute approximate surface area is 115 Å². The van der Waals surface area contributed by atoms with Crippen LogP contribution in [-0.2, 0) is 18.3 Å². The molecule has 0 spiro atoms. The molecule has 7 heteroatoms. The monoisotopic (exact) mass is 280 g/mol. The molecule has 0 fully saturated rings. The maximum atomic E-state index is 12.0. The number of rotatable bonds is 7. The highest BCUT2D eigenvalue weighted by molar-refractivity contribution is 7.99. The Kier molecular flexibility index (Phi) is 4.75. The first-order chi connectivity index (χ1) is 9.22. The molecule has 6 nitrogen and oxygen atoms in total. The molecule has 0 aliphatic rings. The predicted octanol–water partition coefficient (Wildman–Crippen LogP) is 1.24. The summed E-state index contributed by atoms with van der Waals surface area (Å²) >= 11 is 1.39. The van der Waals surface area contributed by atoms with Gasteiger partial charge in [0, 0.05) is 26.9 Å². The summed E-state index contributed by atoms with van der Waals surface area (Å²) in [5.41, 5.74) is 0.704. The fourth-order valence-electron chi connectivity index (χ4n) is 1.65. The molecule has 0 unspecified atom stereocenters. The van der Waals surface area contributed by atoms with E-state index in [0.717, 1.165) is 5.16 Å². The minimum Gasteiger partial charge on any atom is -0.383 e. The molecule has 0 saturated heterocycles. The van der Waals surface area contributed by atoms with Gasteiger partial charge in [0.05, 0.1) is 18.1 Å². The van der Waals surface area contributed by atoms with Crippen molar-refractivity contribution in [3.8, 4) is 0 Å². The predicted molar refractivity (Wildman–Crippen MR) is 72.4 cm³/mol. The number of carbonyl (C=O) groups is 1. The third kappa shape index (κ3) is 3.45. The van der Waals surface area contributed by atoms with E-state index in [2.05, 4.69) is 10.2 Å². The Balaban J connectivity index is 1.94. The van der Waals surface area contributed by atoms with Gasteiger partial charge in [0.25, 0.3) is 0 Å². The number of carbonyl (C=O) groups excluding carboxylic acids is 1. The molecule has 2 aromatic rings. The van der Waals surface area contributed by atoms with Crippen molar-refractivity contribution < 1.29 is 9.53 Å². The van der Waals surface area contributed by atoms with Crippen LogP contribution in [0.15, 0.2) is 29.8 Å². The molecule has 0 bridgehead atoms. The Bertz CT molecular complexity index is 549. The van der Waals surface area contributed by atoms with Gasteiger partial charge in [0.15, 0.2) is 10.9 Å². The van der Waals surface area contributed by atoms with Gasteiger partial charge in [-0.3, -0.25) is 4.79 Å². The van der Waals surface area contributed by atoms with Crippen molar-refractivity contribution in [2.75, 3.05) is 19.5 Å². The van der Waals surface area contributed by atoms with E-state index in [1.807, 2.05) is 34.5 Å². The van der Waals surface area contributed by atoms with Gasteiger partial charge in [-0.05, 0) is 12.1 Å². The van der Waals surface area contributed by atoms with Crippen LogP contribution < -0.4 is 0 Å². The van der Waals surface area contributed by atoms with Crippen molar-refractivity contribution >= 4 is 17.5 Å². The molecule has 2 aromatic heterocycles. The highest BCUT2D eigenvalue weighted by Crippen LogP contribution is 2.16. The molecule has 0 saturated carbocycles. The van der Waals surface area contributed by atoms with Crippen LogP contribution in [0.4, 0.5) is 0 Å². The molecular formula is C12H16N4O2S. The highest BCUT2D eigenvalue weighted by Gasteiger charge is 2.12. The van der Waals surface area contributed by atoms with Gasteiger partial charge in [0.2, 0.25) is 0 Å². The number of hydrogen-bond acceptors (Lipinski definition) is 5. The van der Waals surface area contributed by atoms with Crippen molar-refractivity contribution in [3.05, 3.63) is 30.4 Å². The van der Waals surface area contributed by atoms with Crippen molar-refractivity contribution in [3.63, 3.8) is 0 Å². The SMILES string of the molecule is COCCn1cnnc1SCC(=O)c1cccn1C. The zero-order valence-corrected chi connectivity index (χ0v) is 11.8. The number of aryl methyl sites for hydroxylation is 1. The maximum absolute atomic E-state index is 12.0. The van der Waals surface area contributed by atoms with Crippen molar-refractivity contribution in [2.24, 2.45) is 7.05 Å². The summed E-state index contributed by atoms with van der Waals surface area (Å²) < 4.78 is 8.71. The Hall–Kier alpha value is -1.60. The van der Waals surface area contributed by atoms with Crippen molar-refractivity contribution in [2.45, 2.75) is 11.7 Å². The van der Waals surface area contributed by atoms with Crippen LogP contribution >= 0.6 is 11.8 Å². The summed E-state index contributed by atoms with van der Waals surface area (Å²) in [7, 11) is 3.51. The van der Waals surface area contributed by atoms with Gasteiger partial charge in [0.1, 0.15) is 6.33 Å². The average molecular weight is 280 g/mol. The van der Waals surface area contributed by atoms with E-state index in [0.29, 0.717) is 24.6 Å². The van der Waals surface area contributed by atoms with Gasteiger partial charge < -0.3 is 13.9 Å². The molecule has 0 amide bonds. The minimum absolute atomic E-state index is 0.0822. The van der Waals surface area contributed by atoms with Crippen LogP contribution in [0.2, 0.25) is 0 Å². The third-order valence-corrected chi connectivity index (χ3v) is 3.66. The van der Waals surface area contributed by atoms with Gasteiger partial charge in [-0.2, -0.15) is 0 Å². The van der Waals surface area contributed by atoms with Crippen LogP contribution in [0.3, 0.4) is 0 Å². The lowest BCUT2D eigenvalue weighted by molar-refractivity contribution is 0.101. The zero-order chi connectivity index (χ0) is 13.7. The molecular weight excluding hydrogens is 264 g/mol. The van der Waals surface area contributed by atoms with Crippen LogP contribution in [0.5, 0.6) is 0 Å². The minimum atomic E-state index is 0.0822. The molecule has 2 heterocycles. The summed E-state index contributed by atoms with van der Waals surface area (Å²) in [6.07, 6.45) is 3.51. The van der Waals surface area contributed by atoms with E-state index in [4.69, 9.17) is 4.74 Å². The fourth-order valence-corrected chi connectivity index (χ4v) is 2.47. The fraction of sp³-hybridized carbons (Fsp3) is 0.417. The molecule has 0 atom stereocenters. The van der Waals surface area contributed by atoms with E-state index in [1.54, 1.807) is 13.4 Å². The standard InChI is InChI=1S/C12H16N4O2S/c1-15-5-3-4-10(15)11(17)8-19-12-14-13-9-16(12)6-7-18-2/h3-5,9H,6-8H2,1-2H3. The first kappa shape index (κ1) is 13.8. The molecule has 2 rings (SSSR count). The first-order valence-corrected chi connectivity index (χ1v) is 6.85. The van der Waals surface area contributed by atoms with Gasteiger partial charge in [-0.25, -0.2) is 0 Å². The largest absolute Gasteiger partial charge is 0.383 e. The number of ketones is 1. The number of aromatic nitrogens is 4. The van der Waals surface area contributed by atoms with Gasteiger partial charge in [-0.1, -0.05) is 11.8 Å².